The number of nitrogens with zero attached hydrogens (tertiary/aromatic N) is 2. The van der Waals surface area contributed by atoms with Gasteiger partial charge in [-0.3, -0.25) is 0 Å². The van der Waals surface area contributed by atoms with Crippen molar-refractivity contribution in [3.63, 3.8) is 0 Å². The van der Waals surface area contributed by atoms with Crippen LogP contribution in [0.15, 0.2) is 60.7 Å². The molecule has 2 saturated heterocycles. The lowest BCUT2D eigenvalue weighted by Gasteiger charge is -2.24. The quantitative estimate of drug-likeness (QED) is 0.893. The molecule has 4 rings (SSSR count). The number of rotatable bonds is 2. The van der Waals surface area contributed by atoms with Crippen molar-refractivity contribution in [2.75, 3.05) is 0 Å². The maximum absolute atomic E-state index is 12.3. The van der Waals surface area contributed by atoms with E-state index in [0.717, 1.165) is 11.1 Å². The van der Waals surface area contributed by atoms with E-state index in [9.17, 15) is 9.59 Å². The number of hydrazine groups is 1. The first-order valence-electron chi connectivity index (χ1n) is 7.05. The number of benzene rings is 2. The van der Waals surface area contributed by atoms with Crippen molar-refractivity contribution < 1.29 is 9.59 Å². The fourth-order valence-electron chi connectivity index (χ4n) is 2.89. The molecule has 0 spiro atoms. The van der Waals surface area contributed by atoms with Crippen molar-refractivity contribution in [1.82, 2.24) is 20.7 Å². The standard InChI is InChI=1S/C16H14N4O2/c21-15-17-13(11-7-3-1-4-8-11)19-16(22)18-14(20(15)19)12-9-5-2-6-10-12/h1-10,13-14H,(H,17,21)(H,18,22)/t13-,14-/m1/s1. The molecule has 2 fully saturated rings. The van der Waals surface area contributed by atoms with Gasteiger partial charge in [0.15, 0.2) is 12.3 Å². The summed E-state index contributed by atoms with van der Waals surface area (Å²) in [6, 6.07) is 18.3. The highest BCUT2D eigenvalue weighted by atomic mass is 16.2. The van der Waals surface area contributed by atoms with E-state index in [2.05, 4.69) is 10.6 Å². The Kier molecular flexibility index (Phi) is 2.75. The molecule has 0 unspecified atom stereocenters. The Bertz CT molecular complexity index is 656. The molecule has 22 heavy (non-hydrogen) atoms. The highest BCUT2D eigenvalue weighted by Gasteiger charge is 2.51. The van der Waals surface area contributed by atoms with E-state index in [1.807, 2.05) is 60.7 Å². The minimum atomic E-state index is -0.484. The Hall–Kier alpha value is -3.02. The Balaban J connectivity index is 1.71. The van der Waals surface area contributed by atoms with Gasteiger partial charge in [0, 0.05) is 0 Å². The maximum Gasteiger partial charge on any atom is 0.340 e. The van der Waals surface area contributed by atoms with Gasteiger partial charge in [-0.2, -0.15) is 0 Å². The van der Waals surface area contributed by atoms with Crippen molar-refractivity contribution in [2.24, 2.45) is 0 Å². The van der Waals surface area contributed by atoms with Crippen LogP contribution >= 0.6 is 0 Å². The molecular weight excluding hydrogens is 280 g/mol. The van der Waals surface area contributed by atoms with Gasteiger partial charge in [0.05, 0.1) is 0 Å². The Morgan fingerprint density at radius 3 is 1.36 bits per heavy atom. The van der Waals surface area contributed by atoms with Crippen LogP contribution in [0.1, 0.15) is 23.5 Å². The molecule has 110 valence electrons. The predicted molar refractivity (Wildman–Crippen MR) is 79.1 cm³/mol. The zero-order valence-electron chi connectivity index (χ0n) is 11.6. The molecule has 6 nitrogen and oxygen atoms in total. The van der Waals surface area contributed by atoms with Gasteiger partial charge in [0.2, 0.25) is 0 Å². The van der Waals surface area contributed by atoms with Crippen molar-refractivity contribution in [2.45, 2.75) is 12.3 Å². The number of amides is 4. The molecule has 2 aliphatic heterocycles. The lowest BCUT2D eigenvalue weighted by molar-refractivity contribution is 0.0672. The molecule has 0 aromatic heterocycles. The molecule has 2 N–H and O–H groups in total. The van der Waals surface area contributed by atoms with Crippen LogP contribution in [0.4, 0.5) is 9.59 Å². The topological polar surface area (TPSA) is 64.7 Å². The Morgan fingerprint density at radius 1 is 0.636 bits per heavy atom. The molecule has 6 heteroatoms. The average molecular weight is 294 g/mol. The van der Waals surface area contributed by atoms with Crippen molar-refractivity contribution in [1.29, 1.82) is 0 Å². The number of carbonyl (C=O) groups is 2. The summed E-state index contributed by atoms with van der Waals surface area (Å²) in [5.41, 5.74) is 1.73. The summed E-state index contributed by atoms with van der Waals surface area (Å²) in [4.78, 5) is 24.7. The highest BCUT2D eigenvalue weighted by molar-refractivity contribution is 5.88. The van der Waals surface area contributed by atoms with Crippen LogP contribution in [0.25, 0.3) is 0 Å². The zero-order chi connectivity index (χ0) is 15.1. The van der Waals surface area contributed by atoms with Crippen LogP contribution < -0.4 is 10.6 Å². The van der Waals surface area contributed by atoms with Crippen molar-refractivity contribution >= 4 is 12.1 Å². The molecular formula is C16H14N4O2. The number of nitrogens with one attached hydrogen (secondary N) is 2. The Labute approximate surface area is 127 Å². The van der Waals surface area contributed by atoms with E-state index in [1.165, 1.54) is 10.0 Å². The van der Waals surface area contributed by atoms with E-state index >= 15 is 0 Å². The maximum atomic E-state index is 12.3. The van der Waals surface area contributed by atoms with E-state index < -0.39 is 12.3 Å². The number of fused-ring (bicyclic) bond motifs is 1. The minimum absolute atomic E-state index is 0.291. The molecule has 2 aromatic carbocycles. The third-order valence-electron chi connectivity index (χ3n) is 3.89. The van der Waals surface area contributed by atoms with Gasteiger partial charge >= 0.3 is 12.1 Å². The summed E-state index contributed by atoms with van der Waals surface area (Å²) >= 11 is 0. The van der Waals surface area contributed by atoms with E-state index in [-0.39, 0.29) is 12.1 Å². The molecule has 4 amide bonds. The van der Waals surface area contributed by atoms with Crippen LogP contribution in [-0.4, -0.2) is 22.1 Å². The number of hydrogen-bond donors (Lipinski definition) is 2. The number of urea groups is 2. The third-order valence-corrected chi connectivity index (χ3v) is 3.89. The Morgan fingerprint density at radius 2 is 1.00 bits per heavy atom. The lowest BCUT2D eigenvalue weighted by atomic mass is 10.2. The molecule has 0 bridgehead atoms. The molecule has 2 heterocycles. The van der Waals surface area contributed by atoms with Crippen molar-refractivity contribution in [3.8, 4) is 0 Å². The second kappa shape index (κ2) is 4.77. The summed E-state index contributed by atoms with van der Waals surface area (Å²) in [5, 5.41) is 8.59. The summed E-state index contributed by atoms with van der Waals surface area (Å²) in [7, 11) is 0. The molecule has 2 aromatic rings. The summed E-state index contributed by atoms with van der Waals surface area (Å²) in [6.45, 7) is 0. The predicted octanol–water partition coefficient (Wildman–Crippen LogP) is 2.35. The van der Waals surface area contributed by atoms with E-state index in [1.54, 1.807) is 0 Å². The van der Waals surface area contributed by atoms with Crippen LogP contribution in [0.2, 0.25) is 0 Å². The van der Waals surface area contributed by atoms with Crippen molar-refractivity contribution in [3.05, 3.63) is 71.8 Å². The fraction of sp³-hybridized carbons (Fsp3) is 0.125. The van der Waals surface area contributed by atoms with Gasteiger partial charge in [-0.25, -0.2) is 19.6 Å². The average Bonchev–Trinajstić information content (AvgIpc) is 3.09. The fourth-order valence-corrected chi connectivity index (χ4v) is 2.89. The SMILES string of the molecule is O=C1N[C@@H](c2ccccc2)N2C(=O)N[C@@H](c3ccccc3)N12. The van der Waals surface area contributed by atoms with Gasteiger partial charge in [-0.15, -0.1) is 0 Å². The van der Waals surface area contributed by atoms with Gasteiger partial charge < -0.3 is 10.6 Å². The molecule has 2 aliphatic rings. The van der Waals surface area contributed by atoms with E-state index in [4.69, 9.17) is 0 Å². The zero-order valence-corrected chi connectivity index (χ0v) is 11.6. The molecule has 2 atom stereocenters. The van der Waals surface area contributed by atoms with Crippen LogP contribution in [0.3, 0.4) is 0 Å². The molecule has 0 aliphatic carbocycles. The van der Waals surface area contributed by atoms with Gasteiger partial charge in [0.25, 0.3) is 0 Å². The largest absolute Gasteiger partial charge is 0.340 e. The monoisotopic (exact) mass is 294 g/mol. The third kappa shape index (κ3) is 1.81. The van der Waals surface area contributed by atoms with Gasteiger partial charge in [0.1, 0.15) is 0 Å². The van der Waals surface area contributed by atoms with E-state index in [0.29, 0.717) is 0 Å². The first kappa shape index (κ1) is 12.7. The van der Waals surface area contributed by atoms with Gasteiger partial charge in [-0.1, -0.05) is 60.7 Å². The summed E-state index contributed by atoms with van der Waals surface area (Å²) in [6.07, 6.45) is -0.968. The number of carbonyl (C=O) groups excluding carboxylic acids is 2. The number of hydrogen-bond acceptors (Lipinski definition) is 2. The van der Waals surface area contributed by atoms with Crippen LogP contribution in [-0.2, 0) is 0 Å². The van der Waals surface area contributed by atoms with Crippen LogP contribution in [0.5, 0.6) is 0 Å². The lowest BCUT2D eigenvalue weighted by Crippen LogP contribution is -2.36. The second-order valence-corrected chi connectivity index (χ2v) is 5.21. The molecule has 0 radical (unpaired) electrons. The summed E-state index contributed by atoms with van der Waals surface area (Å²) in [5.74, 6) is 0. The molecule has 0 saturated carbocycles. The smallest absolute Gasteiger partial charge is 0.310 e. The minimum Gasteiger partial charge on any atom is -0.310 e. The van der Waals surface area contributed by atoms with Crippen LogP contribution in [0, 0.1) is 0 Å². The summed E-state index contributed by atoms with van der Waals surface area (Å²) < 4.78 is 0. The normalized spacial score (nSPS) is 23.3. The highest BCUT2D eigenvalue weighted by Crippen LogP contribution is 2.36. The second-order valence-electron chi connectivity index (χ2n) is 5.21. The van der Waals surface area contributed by atoms with Gasteiger partial charge in [-0.05, 0) is 11.1 Å². The first-order valence-corrected chi connectivity index (χ1v) is 7.05. The first-order chi connectivity index (χ1) is 10.8.